The Bertz CT molecular complexity index is 454. The predicted molar refractivity (Wildman–Crippen MR) is 69.5 cm³/mol. The molecule has 1 aliphatic heterocycles. The molecule has 0 saturated carbocycles. The summed E-state index contributed by atoms with van der Waals surface area (Å²) in [6, 6.07) is 6.08. The molecule has 4 heteroatoms. The zero-order chi connectivity index (χ0) is 11.5. The van der Waals surface area contributed by atoms with Gasteiger partial charge in [0.2, 0.25) is 0 Å². The molecule has 1 aliphatic rings. The van der Waals surface area contributed by atoms with Crippen LogP contribution in [0.1, 0.15) is 12.5 Å². The lowest BCUT2D eigenvalue weighted by Gasteiger charge is -2.15. The van der Waals surface area contributed by atoms with E-state index in [0.29, 0.717) is 12.4 Å². The highest BCUT2D eigenvalue weighted by molar-refractivity contribution is 9.10. The summed E-state index contributed by atoms with van der Waals surface area (Å²) < 4.78 is 6.02. The van der Waals surface area contributed by atoms with E-state index >= 15 is 0 Å². The van der Waals surface area contributed by atoms with E-state index in [1.807, 2.05) is 25.1 Å². The maximum Gasteiger partial charge on any atom is 0.334 e. The molecule has 0 unspecified atom stereocenters. The molecule has 1 heterocycles. The number of carbonyl (C=O) groups excluding carboxylic acids is 1. The Morgan fingerprint density at radius 3 is 3.12 bits per heavy atom. The van der Waals surface area contributed by atoms with Gasteiger partial charge in [-0.2, -0.15) is 0 Å². The molecule has 0 aromatic heterocycles. The number of esters is 1. The van der Waals surface area contributed by atoms with Gasteiger partial charge in [-0.25, -0.2) is 4.79 Å². The Balaban J connectivity index is 2.30. The van der Waals surface area contributed by atoms with Crippen LogP contribution in [0.2, 0.25) is 0 Å². The summed E-state index contributed by atoms with van der Waals surface area (Å²) >= 11 is 5.09. The molecular formula is C12H11BrO2S. The third kappa shape index (κ3) is 2.50. The highest BCUT2D eigenvalue weighted by atomic mass is 79.9. The van der Waals surface area contributed by atoms with Gasteiger partial charge in [-0.1, -0.05) is 15.9 Å². The minimum Gasteiger partial charge on any atom is -0.463 e. The average molecular weight is 299 g/mol. The number of benzene rings is 1. The molecule has 2 rings (SSSR count). The van der Waals surface area contributed by atoms with Crippen LogP contribution < -0.4 is 0 Å². The van der Waals surface area contributed by atoms with Crippen molar-refractivity contribution in [2.75, 3.05) is 12.4 Å². The third-order valence-corrected chi connectivity index (χ3v) is 3.85. The van der Waals surface area contributed by atoms with Gasteiger partial charge in [0, 0.05) is 20.7 Å². The van der Waals surface area contributed by atoms with Gasteiger partial charge in [0.25, 0.3) is 0 Å². The minimum atomic E-state index is -0.208. The minimum absolute atomic E-state index is 0.208. The lowest BCUT2D eigenvalue weighted by atomic mass is 10.1. The van der Waals surface area contributed by atoms with Crippen molar-refractivity contribution in [2.45, 2.75) is 11.8 Å². The molecule has 0 atom stereocenters. The van der Waals surface area contributed by atoms with Crippen molar-refractivity contribution in [3.63, 3.8) is 0 Å². The van der Waals surface area contributed by atoms with Crippen LogP contribution in [-0.2, 0) is 9.53 Å². The molecule has 0 aliphatic carbocycles. The van der Waals surface area contributed by atoms with Crippen molar-refractivity contribution >= 4 is 39.7 Å². The number of ether oxygens (including phenoxy) is 1. The van der Waals surface area contributed by atoms with Crippen LogP contribution in [0.3, 0.4) is 0 Å². The third-order valence-electron chi connectivity index (χ3n) is 2.22. The molecule has 1 aromatic rings. The van der Waals surface area contributed by atoms with E-state index in [-0.39, 0.29) is 5.97 Å². The SMILES string of the molecule is CCOC(=O)C1=Cc2cc(Br)ccc2SC1. The number of carbonyl (C=O) groups is 1. The fourth-order valence-electron chi connectivity index (χ4n) is 1.49. The first-order valence-corrected chi connectivity index (χ1v) is 6.78. The molecule has 0 fully saturated rings. The standard InChI is InChI=1S/C12H11BrO2S/c1-2-15-12(14)9-5-8-6-10(13)3-4-11(8)16-7-9/h3-6H,2,7H2,1H3. The summed E-state index contributed by atoms with van der Waals surface area (Å²) in [6.45, 7) is 2.24. The molecule has 84 valence electrons. The fraction of sp³-hybridized carbons (Fsp3) is 0.250. The molecule has 0 radical (unpaired) electrons. The maximum atomic E-state index is 11.6. The second-order valence-corrected chi connectivity index (χ2v) is 5.29. The Morgan fingerprint density at radius 2 is 2.38 bits per heavy atom. The smallest absolute Gasteiger partial charge is 0.334 e. The first-order chi connectivity index (χ1) is 7.70. The number of hydrogen-bond acceptors (Lipinski definition) is 3. The molecule has 0 amide bonds. The van der Waals surface area contributed by atoms with E-state index in [1.54, 1.807) is 11.8 Å². The van der Waals surface area contributed by atoms with Gasteiger partial charge in [0.1, 0.15) is 0 Å². The van der Waals surface area contributed by atoms with Gasteiger partial charge in [-0.15, -0.1) is 11.8 Å². The van der Waals surface area contributed by atoms with E-state index < -0.39 is 0 Å². The van der Waals surface area contributed by atoms with Gasteiger partial charge in [-0.3, -0.25) is 0 Å². The summed E-state index contributed by atoms with van der Waals surface area (Å²) in [7, 11) is 0. The zero-order valence-electron chi connectivity index (χ0n) is 8.83. The average Bonchev–Trinajstić information content (AvgIpc) is 2.28. The van der Waals surface area contributed by atoms with Crippen LogP contribution >= 0.6 is 27.7 Å². The number of hydrogen-bond donors (Lipinski definition) is 0. The highest BCUT2D eigenvalue weighted by Gasteiger charge is 2.17. The van der Waals surface area contributed by atoms with Crippen LogP contribution in [0, 0.1) is 0 Å². The Hall–Kier alpha value is -0.740. The van der Waals surface area contributed by atoms with Crippen LogP contribution in [-0.4, -0.2) is 18.3 Å². The first kappa shape index (κ1) is 11.7. The Morgan fingerprint density at radius 1 is 1.56 bits per heavy atom. The number of rotatable bonds is 2. The quantitative estimate of drug-likeness (QED) is 0.782. The monoisotopic (exact) mass is 298 g/mol. The van der Waals surface area contributed by atoms with Crippen molar-refractivity contribution in [3.05, 3.63) is 33.8 Å². The van der Waals surface area contributed by atoms with E-state index in [1.165, 1.54) is 4.90 Å². The summed E-state index contributed by atoms with van der Waals surface area (Å²) in [5, 5.41) is 0. The molecule has 2 nitrogen and oxygen atoms in total. The zero-order valence-corrected chi connectivity index (χ0v) is 11.2. The fourth-order valence-corrected chi connectivity index (χ4v) is 2.83. The summed E-state index contributed by atoms with van der Waals surface area (Å²) in [4.78, 5) is 12.8. The molecule has 0 saturated heterocycles. The molecule has 16 heavy (non-hydrogen) atoms. The van der Waals surface area contributed by atoms with Crippen molar-refractivity contribution < 1.29 is 9.53 Å². The first-order valence-electron chi connectivity index (χ1n) is 5.00. The topological polar surface area (TPSA) is 26.3 Å². The molecular weight excluding hydrogens is 288 g/mol. The van der Waals surface area contributed by atoms with Crippen LogP contribution in [0.5, 0.6) is 0 Å². The second-order valence-electron chi connectivity index (χ2n) is 3.36. The predicted octanol–water partition coefficient (Wildman–Crippen LogP) is 3.50. The van der Waals surface area contributed by atoms with Crippen molar-refractivity contribution in [1.82, 2.24) is 0 Å². The summed E-state index contributed by atoms with van der Waals surface area (Å²) in [5.41, 5.74) is 1.81. The Kier molecular flexibility index (Phi) is 3.71. The van der Waals surface area contributed by atoms with Gasteiger partial charge in [0.15, 0.2) is 0 Å². The van der Waals surface area contributed by atoms with E-state index in [9.17, 15) is 4.79 Å². The number of halogens is 1. The highest BCUT2D eigenvalue weighted by Crippen LogP contribution is 2.33. The largest absolute Gasteiger partial charge is 0.463 e. The van der Waals surface area contributed by atoms with Crippen LogP contribution in [0.4, 0.5) is 0 Å². The maximum absolute atomic E-state index is 11.6. The molecule has 0 bridgehead atoms. The molecule has 0 spiro atoms. The lowest BCUT2D eigenvalue weighted by molar-refractivity contribution is -0.138. The lowest BCUT2D eigenvalue weighted by Crippen LogP contribution is -2.11. The van der Waals surface area contributed by atoms with E-state index in [0.717, 1.165) is 15.6 Å². The van der Waals surface area contributed by atoms with Crippen molar-refractivity contribution in [2.24, 2.45) is 0 Å². The molecule has 0 N–H and O–H groups in total. The van der Waals surface area contributed by atoms with Gasteiger partial charge < -0.3 is 4.74 Å². The molecule has 1 aromatic carbocycles. The van der Waals surface area contributed by atoms with Crippen LogP contribution in [0.15, 0.2) is 33.1 Å². The number of fused-ring (bicyclic) bond motifs is 1. The summed E-state index contributed by atoms with van der Waals surface area (Å²) in [5.74, 6) is 0.480. The second kappa shape index (κ2) is 5.06. The van der Waals surface area contributed by atoms with Gasteiger partial charge >= 0.3 is 5.97 Å². The van der Waals surface area contributed by atoms with Crippen molar-refractivity contribution in [1.29, 1.82) is 0 Å². The van der Waals surface area contributed by atoms with Crippen LogP contribution in [0.25, 0.3) is 6.08 Å². The van der Waals surface area contributed by atoms with Gasteiger partial charge in [0.05, 0.1) is 6.61 Å². The normalized spacial score (nSPS) is 14.0. The van der Waals surface area contributed by atoms with E-state index in [2.05, 4.69) is 22.0 Å². The summed E-state index contributed by atoms with van der Waals surface area (Å²) in [6.07, 6.45) is 1.91. The van der Waals surface area contributed by atoms with Gasteiger partial charge in [-0.05, 0) is 36.8 Å². The number of thioether (sulfide) groups is 1. The van der Waals surface area contributed by atoms with E-state index in [4.69, 9.17) is 4.74 Å². The van der Waals surface area contributed by atoms with Crippen molar-refractivity contribution in [3.8, 4) is 0 Å². The Labute approximate surface area is 107 Å².